The molecule has 6 heteroatoms. The van der Waals surface area contributed by atoms with E-state index in [1.54, 1.807) is 6.20 Å². The van der Waals surface area contributed by atoms with Gasteiger partial charge >= 0.3 is 5.63 Å². The average molecular weight is 314 g/mol. The smallest absolute Gasteiger partial charge is 0.365 e. The van der Waals surface area contributed by atoms with Gasteiger partial charge in [-0.1, -0.05) is 30.3 Å². The molecule has 2 heterocycles. The second kappa shape index (κ2) is 6.66. The third kappa shape index (κ3) is 3.60. The number of hydrogen-bond donors (Lipinski definition) is 1. The van der Waals surface area contributed by atoms with Gasteiger partial charge in [0, 0.05) is 6.92 Å². The van der Waals surface area contributed by atoms with Crippen molar-refractivity contribution >= 4 is 11.5 Å². The Labute approximate surface area is 133 Å². The fourth-order valence-corrected chi connectivity index (χ4v) is 2.49. The Morgan fingerprint density at radius 2 is 2.00 bits per heavy atom. The second-order valence-electron chi connectivity index (χ2n) is 5.36. The fourth-order valence-electron chi connectivity index (χ4n) is 2.49. The van der Waals surface area contributed by atoms with Crippen LogP contribution in [0.5, 0.6) is 0 Å². The van der Waals surface area contributed by atoms with Gasteiger partial charge in [-0.3, -0.25) is 4.79 Å². The van der Waals surface area contributed by atoms with Crippen molar-refractivity contribution in [2.45, 2.75) is 20.0 Å². The summed E-state index contributed by atoms with van der Waals surface area (Å²) in [5, 5.41) is 2.58. The molecule has 0 unspecified atom stereocenters. The van der Waals surface area contributed by atoms with Crippen LogP contribution in [0.1, 0.15) is 18.9 Å². The lowest BCUT2D eigenvalue weighted by atomic mass is 9.99. The lowest BCUT2D eigenvalue weighted by Gasteiger charge is -2.13. The Kier molecular flexibility index (Phi) is 4.43. The molecule has 1 aromatic carbocycles. The number of ether oxygens (including phenoxy) is 1. The minimum Gasteiger partial charge on any atom is -0.377 e. The van der Waals surface area contributed by atoms with Crippen molar-refractivity contribution in [2.75, 3.05) is 13.2 Å². The molecule has 3 rings (SSSR count). The zero-order valence-electron chi connectivity index (χ0n) is 12.9. The number of aromatic nitrogens is 1. The molecule has 1 aromatic heterocycles. The maximum atomic E-state index is 11.9. The number of carbonyl (C=O) groups excluding carboxylic acids is 1. The van der Waals surface area contributed by atoms with Gasteiger partial charge in [0.25, 0.3) is 0 Å². The molecule has 0 radical (unpaired) electrons. The highest BCUT2D eigenvalue weighted by Crippen LogP contribution is 2.24. The first-order valence-corrected chi connectivity index (χ1v) is 7.46. The van der Waals surface area contributed by atoms with E-state index >= 15 is 0 Å². The molecule has 1 aliphatic heterocycles. The molecule has 0 fully saturated rings. The van der Waals surface area contributed by atoms with E-state index in [0.29, 0.717) is 12.2 Å². The van der Waals surface area contributed by atoms with Crippen LogP contribution in [0.3, 0.4) is 0 Å². The van der Waals surface area contributed by atoms with Gasteiger partial charge in [0.1, 0.15) is 6.67 Å². The maximum absolute atomic E-state index is 11.9. The van der Waals surface area contributed by atoms with E-state index in [9.17, 15) is 9.59 Å². The zero-order chi connectivity index (χ0) is 16.2. The summed E-state index contributed by atoms with van der Waals surface area (Å²) in [7, 11) is 0. The first-order valence-electron chi connectivity index (χ1n) is 7.46. The summed E-state index contributed by atoms with van der Waals surface area (Å²) in [6.07, 6.45) is 4.58. The third-order valence-corrected chi connectivity index (χ3v) is 3.71. The van der Waals surface area contributed by atoms with E-state index in [2.05, 4.69) is 11.4 Å². The van der Waals surface area contributed by atoms with Gasteiger partial charge in [0.05, 0.1) is 25.0 Å². The number of rotatable bonds is 4. The SMILES string of the molecule is CC(=O)NCn1cc(-c2ccc(C3=CCOCC3)cc2)c(=O)o1. The predicted octanol–water partition coefficient (Wildman–Crippen LogP) is 2.01. The van der Waals surface area contributed by atoms with E-state index < -0.39 is 5.63 Å². The summed E-state index contributed by atoms with van der Waals surface area (Å²) in [5.41, 5.74) is 3.24. The van der Waals surface area contributed by atoms with Crippen LogP contribution in [0.25, 0.3) is 16.7 Å². The van der Waals surface area contributed by atoms with Gasteiger partial charge in [0.2, 0.25) is 5.91 Å². The molecular formula is C17H18N2O4. The molecule has 1 N–H and O–H groups in total. The molecule has 0 atom stereocenters. The largest absolute Gasteiger partial charge is 0.377 e. The van der Waals surface area contributed by atoms with Gasteiger partial charge in [0.15, 0.2) is 0 Å². The topological polar surface area (TPSA) is 73.5 Å². The summed E-state index contributed by atoms with van der Waals surface area (Å²) >= 11 is 0. The minimum absolute atomic E-state index is 0.134. The molecule has 0 spiro atoms. The van der Waals surface area contributed by atoms with Gasteiger partial charge in [-0.2, -0.15) is 4.74 Å². The predicted molar refractivity (Wildman–Crippen MR) is 85.6 cm³/mol. The van der Waals surface area contributed by atoms with Crippen molar-refractivity contribution in [3.8, 4) is 11.1 Å². The molecular weight excluding hydrogens is 296 g/mol. The number of carbonyl (C=O) groups is 1. The first kappa shape index (κ1) is 15.3. The van der Waals surface area contributed by atoms with Gasteiger partial charge < -0.3 is 14.6 Å². The Hall–Kier alpha value is -2.60. The number of nitrogens with zero attached hydrogens (tertiary/aromatic N) is 1. The Morgan fingerprint density at radius 1 is 1.26 bits per heavy atom. The minimum atomic E-state index is -0.423. The highest BCUT2D eigenvalue weighted by atomic mass is 16.5. The highest BCUT2D eigenvalue weighted by Gasteiger charge is 2.11. The number of hydrogen-bond acceptors (Lipinski definition) is 4. The molecule has 23 heavy (non-hydrogen) atoms. The number of nitrogens with one attached hydrogen (secondary N) is 1. The highest BCUT2D eigenvalue weighted by molar-refractivity contribution is 5.72. The van der Waals surface area contributed by atoms with Crippen LogP contribution in [-0.4, -0.2) is 23.9 Å². The lowest BCUT2D eigenvalue weighted by Crippen LogP contribution is -2.22. The zero-order valence-corrected chi connectivity index (χ0v) is 12.9. The van der Waals surface area contributed by atoms with Crippen LogP contribution in [0, 0.1) is 0 Å². The molecule has 120 valence electrons. The van der Waals surface area contributed by atoms with Crippen LogP contribution in [0.2, 0.25) is 0 Å². The van der Waals surface area contributed by atoms with Crippen molar-refractivity contribution < 1.29 is 14.1 Å². The third-order valence-electron chi connectivity index (χ3n) is 3.71. The molecule has 1 amide bonds. The molecule has 0 aliphatic carbocycles. The van der Waals surface area contributed by atoms with Crippen LogP contribution in [0.4, 0.5) is 0 Å². The Balaban J connectivity index is 1.80. The van der Waals surface area contributed by atoms with E-state index in [1.165, 1.54) is 17.2 Å². The molecule has 2 aromatic rings. The molecule has 0 saturated carbocycles. The standard InChI is InChI=1S/C17H18N2O4/c1-12(20)18-11-19-10-16(17(21)23-19)15-4-2-13(3-5-15)14-6-8-22-9-7-14/h2-6,10H,7-9,11H2,1H3,(H,18,20). The van der Waals surface area contributed by atoms with Gasteiger partial charge in [-0.15, -0.1) is 0 Å². The van der Waals surface area contributed by atoms with Crippen molar-refractivity contribution in [3.05, 3.63) is 52.5 Å². The molecule has 0 saturated heterocycles. The van der Waals surface area contributed by atoms with Gasteiger partial charge in [-0.05, 0) is 23.1 Å². The van der Waals surface area contributed by atoms with E-state index in [1.807, 2.05) is 24.3 Å². The summed E-state index contributed by atoms with van der Waals surface area (Å²) in [4.78, 5) is 22.9. The van der Waals surface area contributed by atoms with Crippen molar-refractivity contribution in [1.82, 2.24) is 10.1 Å². The number of amides is 1. The van der Waals surface area contributed by atoms with E-state index in [4.69, 9.17) is 9.26 Å². The summed E-state index contributed by atoms with van der Waals surface area (Å²) < 4.78 is 11.7. The van der Waals surface area contributed by atoms with Crippen LogP contribution in [0.15, 0.2) is 45.9 Å². The lowest BCUT2D eigenvalue weighted by molar-refractivity contribution is -0.119. The summed E-state index contributed by atoms with van der Waals surface area (Å²) in [6, 6.07) is 7.80. The molecule has 0 bridgehead atoms. The summed E-state index contributed by atoms with van der Waals surface area (Å²) in [5.74, 6) is -0.183. The van der Waals surface area contributed by atoms with E-state index in [0.717, 1.165) is 24.2 Å². The van der Waals surface area contributed by atoms with Crippen LogP contribution in [-0.2, 0) is 16.2 Å². The van der Waals surface area contributed by atoms with Gasteiger partial charge in [-0.25, -0.2) is 4.79 Å². The molecule has 6 nitrogen and oxygen atoms in total. The number of benzene rings is 1. The average Bonchev–Trinajstić information content (AvgIpc) is 2.95. The Morgan fingerprint density at radius 3 is 2.65 bits per heavy atom. The second-order valence-corrected chi connectivity index (χ2v) is 5.36. The van der Waals surface area contributed by atoms with Crippen molar-refractivity contribution in [2.24, 2.45) is 0 Å². The molecule has 1 aliphatic rings. The fraction of sp³-hybridized carbons (Fsp3) is 0.294. The first-order chi connectivity index (χ1) is 11.1. The van der Waals surface area contributed by atoms with Crippen LogP contribution >= 0.6 is 0 Å². The summed E-state index contributed by atoms with van der Waals surface area (Å²) in [6.45, 7) is 2.93. The quantitative estimate of drug-likeness (QED) is 0.937. The maximum Gasteiger partial charge on any atom is 0.365 e. The van der Waals surface area contributed by atoms with Crippen LogP contribution < -0.4 is 10.9 Å². The normalized spacial score (nSPS) is 14.4. The van der Waals surface area contributed by atoms with Crippen molar-refractivity contribution in [1.29, 1.82) is 0 Å². The van der Waals surface area contributed by atoms with E-state index in [-0.39, 0.29) is 12.6 Å². The van der Waals surface area contributed by atoms with Crippen molar-refractivity contribution in [3.63, 3.8) is 0 Å². The monoisotopic (exact) mass is 314 g/mol. The Bertz CT molecular complexity index is 784.